The Labute approximate surface area is 167 Å². The van der Waals surface area contributed by atoms with Crippen molar-refractivity contribution in [2.45, 2.75) is 82.4 Å². The van der Waals surface area contributed by atoms with Crippen molar-refractivity contribution >= 4 is 5.97 Å². The minimum Gasteiger partial charge on any atom is -0.460 e. The van der Waals surface area contributed by atoms with Gasteiger partial charge in [0.2, 0.25) is 0 Å². The highest BCUT2D eigenvalue weighted by molar-refractivity contribution is 5.71. The predicted molar refractivity (Wildman–Crippen MR) is 107 cm³/mol. The molecule has 0 aliphatic carbocycles. The monoisotopic (exact) mass is 388 g/mol. The fourth-order valence-electron chi connectivity index (χ4n) is 3.81. The Balaban J connectivity index is 1.20. The van der Waals surface area contributed by atoms with Crippen LogP contribution in [0.5, 0.6) is 0 Å². The molecule has 0 saturated carbocycles. The fraction of sp³-hybridized carbons (Fsp3) is 0.609. The number of hydrogen-bond donors (Lipinski definition) is 1. The summed E-state index contributed by atoms with van der Waals surface area (Å²) in [5.74, 6) is -0.131. The number of cyclic esters (lactones) is 1. The van der Waals surface area contributed by atoms with Gasteiger partial charge in [-0.15, -0.1) is 0 Å². The minimum atomic E-state index is -0.457. The Morgan fingerprint density at radius 3 is 2.71 bits per heavy atom. The summed E-state index contributed by atoms with van der Waals surface area (Å²) in [5.41, 5.74) is 1.20. The number of carbonyl (C=O) groups is 1. The topological polar surface area (TPSA) is 65.0 Å². The lowest BCUT2D eigenvalue weighted by atomic mass is 10.0. The van der Waals surface area contributed by atoms with Gasteiger partial charge in [0.1, 0.15) is 6.10 Å². The molecular formula is C23H32O5. The van der Waals surface area contributed by atoms with Gasteiger partial charge in [0, 0.05) is 13.0 Å². The average Bonchev–Trinajstić information content (AvgIpc) is 3.36. The first-order valence-electron chi connectivity index (χ1n) is 10.5. The molecule has 1 aromatic rings. The third kappa shape index (κ3) is 6.73. The molecule has 2 saturated heterocycles. The average molecular weight is 389 g/mol. The smallest absolute Gasteiger partial charge is 0.306 e. The highest BCUT2D eigenvalue weighted by Gasteiger charge is 2.39. The molecule has 2 aliphatic rings. The van der Waals surface area contributed by atoms with Crippen LogP contribution in [0.1, 0.15) is 56.9 Å². The summed E-state index contributed by atoms with van der Waals surface area (Å²) >= 11 is 0. The van der Waals surface area contributed by atoms with Gasteiger partial charge in [0.25, 0.3) is 0 Å². The molecule has 2 heterocycles. The van der Waals surface area contributed by atoms with Crippen molar-refractivity contribution in [3.05, 3.63) is 48.0 Å². The van der Waals surface area contributed by atoms with E-state index in [1.807, 2.05) is 18.2 Å². The van der Waals surface area contributed by atoms with Crippen molar-refractivity contribution in [3.8, 4) is 0 Å². The van der Waals surface area contributed by atoms with Crippen molar-refractivity contribution in [1.29, 1.82) is 0 Å². The first-order valence-corrected chi connectivity index (χ1v) is 10.5. The molecular weight excluding hydrogens is 356 g/mol. The van der Waals surface area contributed by atoms with Crippen LogP contribution in [-0.2, 0) is 25.6 Å². The van der Waals surface area contributed by atoms with Crippen LogP contribution < -0.4 is 0 Å². The van der Waals surface area contributed by atoms with Crippen LogP contribution in [0.25, 0.3) is 0 Å². The molecule has 0 aromatic heterocycles. The van der Waals surface area contributed by atoms with Gasteiger partial charge in [-0.25, -0.2) is 0 Å². The Morgan fingerprint density at radius 1 is 1.11 bits per heavy atom. The number of unbranched alkanes of at least 4 members (excludes halogenated alkanes) is 1. The van der Waals surface area contributed by atoms with Crippen molar-refractivity contribution < 1.29 is 24.1 Å². The molecule has 0 radical (unpaired) electrons. The van der Waals surface area contributed by atoms with E-state index in [0.717, 1.165) is 45.1 Å². The van der Waals surface area contributed by atoms with Crippen molar-refractivity contribution in [2.24, 2.45) is 0 Å². The number of benzene rings is 1. The summed E-state index contributed by atoms with van der Waals surface area (Å²) < 4.78 is 16.9. The van der Waals surface area contributed by atoms with E-state index in [1.165, 1.54) is 5.56 Å². The van der Waals surface area contributed by atoms with E-state index in [9.17, 15) is 9.90 Å². The van der Waals surface area contributed by atoms with E-state index in [2.05, 4.69) is 24.3 Å². The van der Waals surface area contributed by atoms with Gasteiger partial charge in [-0.3, -0.25) is 4.79 Å². The summed E-state index contributed by atoms with van der Waals surface area (Å²) in [6, 6.07) is 10.2. The SMILES string of the molecule is O=C1CC[C@H]([C@H]2CC[C@H]([C@@H](O)CC/C=C/CCCOCc3ccccc3)O2)O1. The summed E-state index contributed by atoms with van der Waals surface area (Å²) in [6.45, 7) is 1.42. The van der Waals surface area contributed by atoms with E-state index in [4.69, 9.17) is 14.2 Å². The molecule has 5 heteroatoms. The third-order valence-electron chi connectivity index (χ3n) is 5.41. The normalized spacial score (nSPS) is 26.0. The lowest BCUT2D eigenvalue weighted by molar-refractivity contribution is -0.148. The van der Waals surface area contributed by atoms with Gasteiger partial charge in [0.15, 0.2) is 0 Å². The van der Waals surface area contributed by atoms with E-state index in [1.54, 1.807) is 0 Å². The molecule has 4 atom stereocenters. The fourth-order valence-corrected chi connectivity index (χ4v) is 3.81. The number of carbonyl (C=O) groups excluding carboxylic acids is 1. The Morgan fingerprint density at radius 2 is 1.93 bits per heavy atom. The molecule has 3 rings (SSSR count). The van der Waals surface area contributed by atoms with E-state index in [-0.39, 0.29) is 24.3 Å². The lowest BCUT2D eigenvalue weighted by Gasteiger charge is -2.21. The van der Waals surface area contributed by atoms with Gasteiger partial charge >= 0.3 is 5.97 Å². The van der Waals surface area contributed by atoms with E-state index >= 15 is 0 Å². The molecule has 0 spiro atoms. The van der Waals surface area contributed by atoms with Crippen LogP contribution in [0.15, 0.2) is 42.5 Å². The summed E-state index contributed by atoms with van der Waals surface area (Å²) in [5, 5.41) is 10.4. The summed E-state index contributed by atoms with van der Waals surface area (Å²) in [7, 11) is 0. The number of aliphatic hydroxyl groups is 1. The number of esters is 1. The van der Waals surface area contributed by atoms with Crippen LogP contribution in [0.3, 0.4) is 0 Å². The molecule has 154 valence electrons. The second-order valence-electron chi connectivity index (χ2n) is 7.65. The maximum atomic E-state index is 11.2. The predicted octanol–water partition coefficient (Wildman–Crippen LogP) is 3.93. The zero-order valence-corrected chi connectivity index (χ0v) is 16.5. The number of aliphatic hydroxyl groups excluding tert-OH is 1. The van der Waals surface area contributed by atoms with Crippen molar-refractivity contribution in [1.82, 2.24) is 0 Å². The zero-order chi connectivity index (χ0) is 19.6. The molecule has 2 fully saturated rings. The van der Waals surface area contributed by atoms with Crippen LogP contribution in [0.4, 0.5) is 0 Å². The maximum Gasteiger partial charge on any atom is 0.306 e. The van der Waals surface area contributed by atoms with Gasteiger partial charge < -0.3 is 19.3 Å². The van der Waals surface area contributed by atoms with E-state index < -0.39 is 6.10 Å². The highest BCUT2D eigenvalue weighted by atomic mass is 16.6. The highest BCUT2D eigenvalue weighted by Crippen LogP contribution is 2.31. The molecule has 5 nitrogen and oxygen atoms in total. The molecule has 0 amide bonds. The molecule has 1 N–H and O–H groups in total. The van der Waals surface area contributed by atoms with Gasteiger partial charge in [-0.1, -0.05) is 42.5 Å². The van der Waals surface area contributed by atoms with Crippen LogP contribution in [0, 0.1) is 0 Å². The van der Waals surface area contributed by atoms with Crippen LogP contribution >= 0.6 is 0 Å². The quantitative estimate of drug-likeness (QED) is 0.353. The van der Waals surface area contributed by atoms with Crippen LogP contribution in [0.2, 0.25) is 0 Å². The Kier molecular flexibility index (Phi) is 8.52. The molecule has 0 bridgehead atoms. The Hall–Kier alpha value is -1.69. The second kappa shape index (κ2) is 11.3. The van der Waals surface area contributed by atoms with Crippen LogP contribution in [-0.4, -0.2) is 42.1 Å². The second-order valence-corrected chi connectivity index (χ2v) is 7.65. The first kappa shape index (κ1) is 21.0. The largest absolute Gasteiger partial charge is 0.460 e. The molecule has 2 aliphatic heterocycles. The van der Waals surface area contributed by atoms with E-state index in [0.29, 0.717) is 19.4 Å². The van der Waals surface area contributed by atoms with Crippen molar-refractivity contribution in [2.75, 3.05) is 6.61 Å². The van der Waals surface area contributed by atoms with Gasteiger partial charge in [-0.05, 0) is 50.5 Å². The number of hydrogen-bond acceptors (Lipinski definition) is 5. The molecule has 1 aromatic carbocycles. The zero-order valence-electron chi connectivity index (χ0n) is 16.5. The lowest BCUT2D eigenvalue weighted by Crippen LogP contribution is -2.30. The summed E-state index contributed by atoms with van der Waals surface area (Å²) in [6.07, 6.45) is 9.99. The molecule has 0 unspecified atom stereocenters. The number of allylic oxidation sites excluding steroid dienone is 2. The molecule has 28 heavy (non-hydrogen) atoms. The standard InChI is InChI=1S/C23H32O5/c24-19(20-12-13-21(27-20)22-14-15-23(25)28-22)11-7-2-1-3-8-16-26-17-18-9-5-4-6-10-18/h1-2,4-6,9-10,19-22,24H,3,7-8,11-17H2/b2-1+/t19-,20+,21+,22+/m0/s1. The first-order chi connectivity index (χ1) is 13.7. The summed E-state index contributed by atoms with van der Waals surface area (Å²) in [4.78, 5) is 11.2. The minimum absolute atomic E-state index is 0.0440. The maximum absolute atomic E-state index is 11.2. The van der Waals surface area contributed by atoms with Crippen molar-refractivity contribution in [3.63, 3.8) is 0 Å². The van der Waals surface area contributed by atoms with Gasteiger partial charge in [0.05, 0.1) is 24.9 Å². The number of rotatable bonds is 11. The number of ether oxygens (including phenoxy) is 3. The third-order valence-corrected chi connectivity index (χ3v) is 5.41. The Bertz CT molecular complexity index is 615. The van der Waals surface area contributed by atoms with Gasteiger partial charge in [-0.2, -0.15) is 0 Å².